The van der Waals surface area contributed by atoms with Crippen LogP contribution in [0.3, 0.4) is 0 Å². The Labute approximate surface area is 62.1 Å². The van der Waals surface area contributed by atoms with Gasteiger partial charge in [-0.15, -0.1) is 0 Å². The van der Waals surface area contributed by atoms with Crippen molar-refractivity contribution in [2.45, 2.75) is 20.0 Å². The fraction of sp³-hybridized carbons (Fsp3) is 0.500. The molecule has 2 nitrogen and oxygen atoms in total. The van der Waals surface area contributed by atoms with Crippen LogP contribution in [0.25, 0.3) is 0 Å². The van der Waals surface area contributed by atoms with Gasteiger partial charge in [-0.3, -0.25) is 0 Å². The van der Waals surface area contributed by atoms with Crippen molar-refractivity contribution in [3.8, 4) is 0 Å². The monoisotopic (exact) mass is 142 g/mol. The van der Waals surface area contributed by atoms with Gasteiger partial charge in [0.1, 0.15) is 6.10 Å². The highest BCUT2D eigenvalue weighted by atomic mass is 16.5. The molecule has 0 aliphatic heterocycles. The minimum atomic E-state index is 0.0393. The van der Waals surface area contributed by atoms with Crippen molar-refractivity contribution in [3.05, 3.63) is 24.7 Å². The molecule has 0 aromatic heterocycles. The third-order valence-corrected chi connectivity index (χ3v) is 1.10. The molecule has 0 aromatic carbocycles. The van der Waals surface area contributed by atoms with Gasteiger partial charge in [0, 0.05) is 0 Å². The predicted molar refractivity (Wildman–Crippen MR) is 41.5 cm³/mol. The van der Waals surface area contributed by atoms with E-state index in [0.29, 0.717) is 0 Å². The molecule has 58 valence electrons. The van der Waals surface area contributed by atoms with Crippen LogP contribution in [-0.2, 0) is 9.47 Å². The SMILES string of the molecule is C=COC(C)C=C(C)OC. The van der Waals surface area contributed by atoms with Crippen LogP contribution in [0.5, 0.6) is 0 Å². The zero-order chi connectivity index (χ0) is 7.98. The van der Waals surface area contributed by atoms with Gasteiger partial charge in [-0.25, -0.2) is 0 Å². The summed E-state index contributed by atoms with van der Waals surface area (Å²) in [5.41, 5.74) is 0. The zero-order valence-electron chi connectivity index (χ0n) is 6.76. The van der Waals surface area contributed by atoms with Crippen LogP contribution < -0.4 is 0 Å². The van der Waals surface area contributed by atoms with Gasteiger partial charge in [-0.2, -0.15) is 0 Å². The molecule has 0 heterocycles. The normalized spacial score (nSPS) is 14.1. The van der Waals surface area contributed by atoms with E-state index in [1.165, 1.54) is 6.26 Å². The first kappa shape index (κ1) is 9.08. The largest absolute Gasteiger partial charge is 0.502 e. The topological polar surface area (TPSA) is 18.5 Å². The Hall–Kier alpha value is -0.920. The lowest BCUT2D eigenvalue weighted by molar-refractivity contribution is 0.195. The Morgan fingerprint density at radius 2 is 2.20 bits per heavy atom. The van der Waals surface area contributed by atoms with Crippen LogP contribution in [0.2, 0.25) is 0 Å². The van der Waals surface area contributed by atoms with Crippen molar-refractivity contribution in [2.75, 3.05) is 7.11 Å². The van der Waals surface area contributed by atoms with Crippen LogP contribution >= 0.6 is 0 Å². The highest BCUT2D eigenvalue weighted by Crippen LogP contribution is 1.99. The summed E-state index contributed by atoms with van der Waals surface area (Å²) in [7, 11) is 1.63. The molecule has 0 amide bonds. The highest BCUT2D eigenvalue weighted by molar-refractivity contribution is 4.93. The van der Waals surface area contributed by atoms with Gasteiger partial charge >= 0.3 is 0 Å². The van der Waals surface area contributed by atoms with Crippen LogP contribution in [0, 0.1) is 0 Å². The maximum absolute atomic E-state index is 5.02. The summed E-state index contributed by atoms with van der Waals surface area (Å²) >= 11 is 0. The lowest BCUT2D eigenvalue weighted by Gasteiger charge is -2.06. The first-order valence-corrected chi connectivity index (χ1v) is 3.19. The van der Waals surface area contributed by atoms with Crippen LogP contribution in [0.4, 0.5) is 0 Å². The van der Waals surface area contributed by atoms with Crippen molar-refractivity contribution in [1.29, 1.82) is 0 Å². The number of hydrogen-bond acceptors (Lipinski definition) is 2. The van der Waals surface area contributed by atoms with E-state index in [-0.39, 0.29) is 6.10 Å². The van der Waals surface area contributed by atoms with Gasteiger partial charge in [0.05, 0.1) is 19.1 Å². The Balaban J connectivity index is 3.73. The minimum absolute atomic E-state index is 0.0393. The summed E-state index contributed by atoms with van der Waals surface area (Å²) < 4.78 is 9.94. The highest BCUT2D eigenvalue weighted by Gasteiger charge is 1.94. The molecule has 0 aliphatic carbocycles. The molecule has 2 heteroatoms. The lowest BCUT2D eigenvalue weighted by atomic mass is 10.3. The van der Waals surface area contributed by atoms with E-state index in [9.17, 15) is 0 Å². The van der Waals surface area contributed by atoms with Gasteiger partial charge in [0.15, 0.2) is 0 Å². The molecule has 10 heavy (non-hydrogen) atoms. The Bertz CT molecular complexity index is 127. The molecular formula is C8H14O2. The van der Waals surface area contributed by atoms with Gasteiger partial charge in [-0.1, -0.05) is 6.58 Å². The summed E-state index contributed by atoms with van der Waals surface area (Å²) in [5, 5.41) is 0. The van der Waals surface area contributed by atoms with Crippen molar-refractivity contribution in [1.82, 2.24) is 0 Å². The lowest BCUT2D eigenvalue weighted by Crippen LogP contribution is -2.00. The standard InChI is InChI=1S/C8H14O2/c1-5-10-8(3)6-7(2)9-4/h5-6,8H,1H2,2-4H3. The average Bonchev–Trinajstić information content (AvgIpc) is 1.88. The van der Waals surface area contributed by atoms with Crippen molar-refractivity contribution < 1.29 is 9.47 Å². The maximum atomic E-state index is 5.02. The van der Waals surface area contributed by atoms with E-state index >= 15 is 0 Å². The number of rotatable bonds is 4. The fourth-order valence-corrected chi connectivity index (χ4v) is 0.590. The molecule has 0 saturated carbocycles. The van der Waals surface area contributed by atoms with E-state index in [1.54, 1.807) is 7.11 Å². The van der Waals surface area contributed by atoms with Gasteiger partial charge < -0.3 is 9.47 Å². The molecule has 0 aliphatic rings. The molecular weight excluding hydrogens is 128 g/mol. The molecule has 0 N–H and O–H groups in total. The number of methoxy groups -OCH3 is 1. The van der Waals surface area contributed by atoms with E-state index in [1.807, 2.05) is 19.9 Å². The van der Waals surface area contributed by atoms with E-state index in [0.717, 1.165) is 5.76 Å². The zero-order valence-corrected chi connectivity index (χ0v) is 6.76. The average molecular weight is 142 g/mol. The Morgan fingerprint density at radius 1 is 1.60 bits per heavy atom. The van der Waals surface area contributed by atoms with E-state index in [4.69, 9.17) is 9.47 Å². The molecule has 1 atom stereocenters. The fourth-order valence-electron chi connectivity index (χ4n) is 0.590. The molecule has 0 radical (unpaired) electrons. The van der Waals surface area contributed by atoms with Crippen LogP contribution in [0.1, 0.15) is 13.8 Å². The smallest absolute Gasteiger partial charge is 0.117 e. The summed E-state index contributed by atoms with van der Waals surface area (Å²) in [6.45, 7) is 7.24. The summed E-state index contributed by atoms with van der Waals surface area (Å²) in [6, 6.07) is 0. The summed E-state index contributed by atoms with van der Waals surface area (Å²) in [5.74, 6) is 0.856. The molecule has 0 bridgehead atoms. The molecule has 0 saturated heterocycles. The molecule has 0 spiro atoms. The van der Waals surface area contributed by atoms with Crippen molar-refractivity contribution in [2.24, 2.45) is 0 Å². The molecule has 0 rings (SSSR count). The number of allylic oxidation sites excluding steroid dienone is 1. The summed E-state index contributed by atoms with van der Waals surface area (Å²) in [6.07, 6.45) is 3.34. The second-order valence-corrected chi connectivity index (χ2v) is 1.99. The number of ether oxygens (including phenoxy) is 2. The maximum Gasteiger partial charge on any atom is 0.117 e. The molecule has 0 fully saturated rings. The van der Waals surface area contributed by atoms with Crippen molar-refractivity contribution >= 4 is 0 Å². The second-order valence-electron chi connectivity index (χ2n) is 1.99. The summed E-state index contributed by atoms with van der Waals surface area (Å²) in [4.78, 5) is 0. The Kier molecular flexibility index (Phi) is 4.46. The van der Waals surface area contributed by atoms with E-state index < -0.39 is 0 Å². The number of hydrogen-bond donors (Lipinski definition) is 0. The third-order valence-electron chi connectivity index (χ3n) is 1.10. The minimum Gasteiger partial charge on any atom is -0.502 e. The van der Waals surface area contributed by atoms with Crippen molar-refractivity contribution in [3.63, 3.8) is 0 Å². The third kappa shape index (κ3) is 4.01. The van der Waals surface area contributed by atoms with Gasteiger partial charge in [-0.05, 0) is 19.9 Å². The van der Waals surface area contributed by atoms with Gasteiger partial charge in [0.25, 0.3) is 0 Å². The molecule has 0 aromatic rings. The quantitative estimate of drug-likeness (QED) is 0.559. The second kappa shape index (κ2) is 4.91. The first-order chi connectivity index (χ1) is 4.70. The van der Waals surface area contributed by atoms with Crippen LogP contribution in [-0.4, -0.2) is 13.2 Å². The Morgan fingerprint density at radius 3 is 2.60 bits per heavy atom. The van der Waals surface area contributed by atoms with Gasteiger partial charge in [0.2, 0.25) is 0 Å². The molecule has 1 unspecified atom stereocenters. The first-order valence-electron chi connectivity index (χ1n) is 3.19. The van der Waals surface area contributed by atoms with Crippen LogP contribution in [0.15, 0.2) is 24.7 Å². The predicted octanol–water partition coefficient (Wildman–Crippen LogP) is 2.09. The van der Waals surface area contributed by atoms with E-state index in [2.05, 4.69) is 6.58 Å².